The van der Waals surface area contributed by atoms with E-state index in [0.717, 1.165) is 9.79 Å². The number of hydrogen-bond acceptors (Lipinski definition) is 5. The Morgan fingerprint density at radius 2 is 1.56 bits per heavy atom. The molecule has 0 amide bonds. The second-order valence-corrected chi connectivity index (χ2v) is 5.33. The summed E-state index contributed by atoms with van der Waals surface area (Å²) in [6, 6.07) is 9.76. The molecule has 1 heterocycles. The van der Waals surface area contributed by atoms with Gasteiger partial charge in [-0.3, -0.25) is 4.98 Å². The first-order valence-electron chi connectivity index (χ1n) is 4.85. The van der Waals surface area contributed by atoms with Crippen molar-refractivity contribution >= 4 is 22.3 Å². The van der Waals surface area contributed by atoms with Crippen LogP contribution in [0.15, 0.2) is 58.6 Å². The Morgan fingerprint density at radius 1 is 1.00 bits per heavy atom. The van der Waals surface area contributed by atoms with Gasteiger partial charge in [-0.1, -0.05) is 15.6 Å². The lowest BCUT2D eigenvalue weighted by Crippen LogP contribution is -2.00. The van der Waals surface area contributed by atoms with Crippen LogP contribution in [0.2, 0.25) is 0 Å². The van der Waals surface area contributed by atoms with Gasteiger partial charge in [-0.15, -0.1) is 0 Å². The summed E-state index contributed by atoms with van der Waals surface area (Å²) in [5.41, 5.74) is 0. The van der Waals surface area contributed by atoms with Crippen molar-refractivity contribution in [3.63, 3.8) is 0 Å². The minimum atomic E-state index is -4.96. The molecule has 0 saturated heterocycles. The molecule has 0 atom stereocenters. The fourth-order valence-electron chi connectivity index (χ4n) is 1.22. The molecular formula is C11H8FNO3S2. The van der Waals surface area contributed by atoms with Crippen molar-refractivity contribution in [1.29, 1.82) is 0 Å². The molecule has 4 nitrogen and oxygen atoms in total. The smallest absolute Gasteiger partial charge is 0.358 e. The van der Waals surface area contributed by atoms with Crippen molar-refractivity contribution in [2.24, 2.45) is 0 Å². The topological polar surface area (TPSA) is 56.3 Å². The molecule has 0 saturated carbocycles. The van der Waals surface area contributed by atoms with Gasteiger partial charge in [0.15, 0.2) is 0 Å². The molecule has 1 aromatic heterocycles. The fourth-order valence-corrected chi connectivity index (χ4v) is 2.36. The van der Waals surface area contributed by atoms with E-state index in [1.165, 1.54) is 23.9 Å². The first kappa shape index (κ1) is 12.8. The number of pyridine rings is 1. The Labute approximate surface area is 108 Å². The van der Waals surface area contributed by atoms with Crippen LogP contribution in [0.5, 0.6) is 5.75 Å². The summed E-state index contributed by atoms with van der Waals surface area (Å²) < 4.78 is 36.9. The van der Waals surface area contributed by atoms with E-state index in [0.29, 0.717) is 0 Å². The number of halogens is 1. The van der Waals surface area contributed by atoms with Crippen LogP contribution < -0.4 is 4.18 Å². The lowest BCUT2D eigenvalue weighted by atomic mass is 10.3. The summed E-state index contributed by atoms with van der Waals surface area (Å²) in [6.07, 6.45) is 3.35. The number of nitrogens with zero attached hydrogens (tertiary/aromatic N) is 1. The molecular weight excluding hydrogens is 277 g/mol. The van der Waals surface area contributed by atoms with Gasteiger partial charge in [0.1, 0.15) is 5.75 Å². The Kier molecular flexibility index (Phi) is 3.83. The highest BCUT2D eigenvalue weighted by Crippen LogP contribution is 2.28. The molecule has 0 aliphatic carbocycles. The first-order valence-corrected chi connectivity index (χ1v) is 6.97. The third kappa shape index (κ3) is 4.01. The third-order valence-corrected chi connectivity index (χ3v) is 3.31. The van der Waals surface area contributed by atoms with E-state index in [4.69, 9.17) is 0 Å². The van der Waals surface area contributed by atoms with Gasteiger partial charge in [-0.25, -0.2) is 0 Å². The number of aromatic nitrogens is 1. The van der Waals surface area contributed by atoms with Crippen molar-refractivity contribution in [2.75, 3.05) is 0 Å². The molecule has 0 aliphatic rings. The molecule has 0 N–H and O–H groups in total. The van der Waals surface area contributed by atoms with Gasteiger partial charge in [-0.05, 0) is 36.4 Å². The summed E-state index contributed by atoms with van der Waals surface area (Å²) in [5.74, 6) is -0.0587. The molecule has 0 radical (unpaired) electrons. The molecule has 0 fully saturated rings. The highest BCUT2D eigenvalue weighted by molar-refractivity contribution is 7.99. The summed E-state index contributed by atoms with van der Waals surface area (Å²) >= 11 is 1.48. The molecule has 94 valence electrons. The van der Waals surface area contributed by atoms with Crippen molar-refractivity contribution in [3.05, 3.63) is 48.8 Å². The van der Waals surface area contributed by atoms with Crippen LogP contribution in [0, 0.1) is 0 Å². The predicted molar refractivity (Wildman–Crippen MR) is 65.5 cm³/mol. The first-order chi connectivity index (χ1) is 8.53. The number of rotatable bonds is 4. The average molecular weight is 285 g/mol. The lowest BCUT2D eigenvalue weighted by Gasteiger charge is -2.03. The van der Waals surface area contributed by atoms with Crippen LogP contribution in [0.4, 0.5) is 3.89 Å². The maximum Gasteiger partial charge on any atom is 0.488 e. The van der Waals surface area contributed by atoms with Crippen LogP contribution in [-0.4, -0.2) is 13.4 Å². The maximum atomic E-state index is 12.3. The standard InChI is InChI=1S/C11H8FNO3S2/c12-18(14,15)16-9-1-3-10(4-2-9)17-11-5-7-13-8-6-11/h1-8H. The lowest BCUT2D eigenvalue weighted by molar-refractivity contribution is 0.440. The van der Waals surface area contributed by atoms with Gasteiger partial charge >= 0.3 is 10.5 Å². The number of hydrogen-bond donors (Lipinski definition) is 0. The molecule has 0 unspecified atom stereocenters. The van der Waals surface area contributed by atoms with E-state index in [9.17, 15) is 12.3 Å². The van der Waals surface area contributed by atoms with E-state index in [-0.39, 0.29) is 5.75 Å². The highest BCUT2D eigenvalue weighted by Gasteiger charge is 2.09. The van der Waals surface area contributed by atoms with Gasteiger partial charge in [0, 0.05) is 22.2 Å². The van der Waals surface area contributed by atoms with Gasteiger partial charge in [0.25, 0.3) is 0 Å². The molecule has 0 spiro atoms. The zero-order valence-corrected chi connectivity index (χ0v) is 10.6. The number of benzene rings is 1. The van der Waals surface area contributed by atoms with E-state index < -0.39 is 10.5 Å². The molecule has 2 aromatic rings. The maximum absolute atomic E-state index is 12.3. The zero-order chi connectivity index (χ0) is 13.0. The minimum absolute atomic E-state index is 0.0587. The molecule has 0 aliphatic heterocycles. The second-order valence-electron chi connectivity index (χ2n) is 3.23. The van der Waals surface area contributed by atoms with E-state index >= 15 is 0 Å². The summed E-state index contributed by atoms with van der Waals surface area (Å²) in [6.45, 7) is 0. The van der Waals surface area contributed by atoms with Gasteiger partial charge in [0.2, 0.25) is 0 Å². The van der Waals surface area contributed by atoms with Crippen LogP contribution in [0.25, 0.3) is 0 Å². The van der Waals surface area contributed by atoms with E-state index in [1.807, 2.05) is 12.1 Å². The van der Waals surface area contributed by atoms with Gasteiger partial charge in [-0.2, -0.15) is 8.42 Å². The average Bonchev–Trinajstić information content (AvgIpc) is 2.31. The minimum Gasteiger partial charge on any atom is -0.358 e. The predicted octanol–water partition coefficient (Wildman–Crippen LogP) is 2.83. The second kappa shape index (κ2) is 5.36. The van der Waals surface area contributed by atoms with Crippen molar-refractivity contribution in [1.82, 2.24) is 4.98 Å². The fraction of sp³-hybridized carbons (Fsp3) is 0. The third-order valence-electron chi connectivity index (χ3n) is 1.90. The molecule has 2 rings (SSSR count). The summed E-state index contributed by atoms with van der Waals surface area (Å²) in [4.78, 5) is 5.78. The van der Waals surface area contributed by atoms with Crippen LogP contribution in [-0.2, 0) is 10.5 Å². The SMILES string of the molecule is O=S(=O)(F)Oc1ccc(Sc2ccncc2)cc1. The molecule has 18 heavy (non-hydrogen) atoms. The van der Waals surface area contributed by atoms with Crippen molar-refractivity contribution < 1.29 is 16.5 Å². The Bertz CT molecular complexity index is 614. The Morgan fingerprint density at radius 3 is 2.11 bits per heavy atom. The summed E-state index contributed by atoms with van der Waals surface area (Å²) in [5, 5.41) is 0. The van der Waals surface area contributed by atoms with E-state index in [2.05, 4.69) is 9.17 Å². The van der Waals surface area contributed by atoms with E-state index in [1.54, 1.807) is 24.5 Å². The normalized spacial score (nSPS) is 11.2. The molecule has 0 bridgehead atoms. The van der Waals surface area contributed by atoms with Crippen LogP contribution >= 0.6 is 11.8 Å². The Balaban J connectivity index is 2.09. The van der Waals surface area contributed by atoms with Gasteiger partial charge in [0.05, 0.1) is 0 Å². The highest BCUT2D eigenvalue weighted by atomic mass is 32.3. The van der Waals surface area contributed by atoms with Crippen LogP contribution in [0.3, 0.4) is 0 Å². The van der Waals surface area contributed by atoms with Gasteiger partial charge < -0.3 is 4.18 Å². The molecule has 7 heteroatoms. The van der Waals surface area contributed by atoms with Crippen LogP contribution in [0.1, 0.15) is 0 Å². The van der Waals surface area contributed by atoms with Crippen molar-refractivity contribution in [2.45, 2.75) is 9.79 Å². The Hall–Kier alpha value is -1.60. The largest absolute Gasteiger partial charge is 0.488 e. The zero-order valence-electron chi connectivity index (χ0n) is 8.99. The quantitative estimate of drug-likeness (QED) is 0.808. The molecule has 1 aromatic carbocycles. The monoisotopic (exact) mass is 285 g/mol. The van der Waals surface area contributed by atoms with Crippen molar-refractivity contribution in [3.8, 4) is 5.75 Å². The summed E-state index contributed by atoms with van der Waals surface area (Å²) in [7, 11) is -4.96.